The fourth-order valence-electron chi connectivity index (χ4n) is 1.44. The first-order chi connectivity index (χ1) is 8.99. The summed E-state index contributed by atoms with van der Waals surface area (Å²) in [6.07, 6.45) is 1.57. The number of aromatic carboxylic acids is 1. The number of benzene rings is 1. The summed E-state index contributed by atoms with van der Waals surface area (Å²) in [7, 11) is 0. The van der Waals surface area contributed by atoms with Crippen LogP contribution in [-0.2, 0) is 11.3 Å². The zero-order chi connectivity index (χ0) is 14.0. The van der Waals surface area contributed by atoms with Crippen LogP contribution >= 0.6 is 11.3 Å². The molecule has 19 heavy (non-hydrogen) atoms. The largest absolute Gasteiger partial charge is 0.755 e. The number of aryl methyl sites for hydroxylation is 1. The highest BCUT2D eigenvalue weighted by Gasteiger charge is 2.14. The van der Waals surface area contributed by atoms with E-state index >= 15 is 0 Å². The molecule has 0 bridgehead atoms. The van der Waals surface area contributed by atoms with Crippen molar-refractivity contribution < 1.29 is 18.7 Å². The molecular weight excluding hydrogens is 288 g/mol. The van der Waals surface area contributed by atoms with Crippen molar-refractivity contribution in [2.24, 2.45) is 0 Å². The van der Waals surface area contributed by atoms with E-state index in [9.17, 15) is 13.6 Å². The van der Waals surface area contributed by atoms with E-state index in [4.69, 9.17) is 5.11 Å². The molecule has 8 heteroatoms. The fraction of sp³-hybridized carbons (Fsp3) is 0.0909. The number of hydrogen-bond acceptors (Lipinski definition) is 5. The average molecular weight is 297 g/mol. The number of hydrogen-bond donors (Lipinski definition) is 1. The molecule has 1 aromatic heterocycles. The highest BCUT2D eigenvalue weighted by molar-refractivity contribution is 7.81. The van der Waals surface area contributed by atoms with Gasteiger partial charge >= 0.3 is 5.97 Å². The SMILES string of the molecule is Cc1cnc(N(c2ccc(C(=O)O)cc2)S(=O)[O-])s1. The molecule has 1 N–H and O–H groups in total. The lowest BCUT2D eigenvalue weighted by Gasteiger charge is -2.23. The maximum atomic E-state index is 11.3. The van der Waals surface area contributed by atoms with Crippen LogP contribution in [0.3, 0.4) is 0 Å². The normalized spacial score (nSPS) is 12.1. The van der Waals surface area contributed by atoms with Crippen LogP contribution in [0.5, 0.6) is 0 Å². The first-order valence-electron chi connectivity index (χ1n) is 5.14. The minimum absolute atomic E-state index is 0.0932. The Morgan fingerprint density at radius 3 is 2.47 bits per heavy atom. The molecule has 2 aromatic rings. The minimum atomic E-state index is -2.53. The molecule has 2 rings (SSSR count). The van der Waals surface area contributed by atoms with Gasteiger partial charge in [0, 0.05) is 11.1 Å². The molecule has 0 aliphatic heterocycles. The van der Waals surface area contributed by atoms with Gasteiger partial charge in [0.15, 0.2) is 0 Å². The predicted molar refractivity (Wildman–Crippen MR) is 71.3 cm³/mol. The quantitative estimate of drug-likeness (QED) is 0.872. The van der Waals surface area contributed by atoms with Gasteiger partial charge in [0.1, 0.15) is 0 Å². The van der Waals surface area contributed by atoms with Gasteiger partial charge in [-0.15, -0.1) is 11.3 Å². The summed E-state index contributed by atoms with van der Waals surface area (Å²) in [6, 6.07) is 5.54. The van der Waals surface area contributed by atoms with Crippen molar-refractivity contribution in [3.8, 4) is 0 Å². The molecule has 0 fully saturated rings. The van der Waals surface area contributed by atoms with Crippen LogP contribution in [0.25, 0.3) is 0 Å². The fourth-order valence-corrected chi connectivity index (χ4v) is 2.89. The van der Waals surface area contributed by atoms with Crippen molar-refractivity contribution in [3.63, 3.8) is 0 Å². The zero-order valence-corrected chi connectivity index (χ0v) is 11.4. The molecular formula is C11H9N2O4S2-. The van der Waals surface area contributed by atoms with E-state index in [1.807, 2.05) is 6.92 Å². The molecule has 0 amide bonds. The van der Waals surface area contributed by atoms with E-state index in [2.05, 4.69) is 4.98 Å². The number of anilines is 2. The molecule has 1 heterocycles. The molecule has 0 saturated heterocycles. The Labute approximate surface area is 115 Å². The number of carbonyl (C=O) groups is 1. The number of aromatic nitrogens is 1. The van der Waals surface area contributed by atoms with Crippen molar-refractivity contribution >= 4 is 39.4 Å². The standard InChI is InChI=1S/C11H10N2O4S2/c1-7-6-12-11(18-7)13(19(16)17)9-4-2-8(3-5-9)10(14)15/h2-6H,1H3,(H,14,15)(H,16,17)/p-1. The van der Waals surface area contributed by atoms with Crippen molar-refractivity contribution in [2.75, 3.05) is 4.31 Å². The molecule has 100 valence electrons. The Morgan fingerprint density at radius 1 is 1.42 bits per heavy atom. The lowest BCUT2D eigenvalue weighted by Crippen LogP contribution is -2.19. The van der Waals surface area contributed by atoms with Crippen molar-refractivity contribution in [1.82, 2.24) is 4.98 Å². The van der Waals surface area contributed by atoms with E-state index in [0.29, 0.717) is 10.8 Å². The highest BCUT2D eigenvalue weighted by Crippen LogP contribution is 2.30. The number of carboxylic acid groups (broad SMARTS) is 1. The Bertz CT molecular complexity index is 624. The van der Waals surface area contributed by atoms with Crippen molar-refractivity contribution in [3.05, 3.63) is 40.9 Å². The van der Waals surface area contributed by atoms with E-state index in [1.165, 1.54) is 35.6 Å². The van der Waals surface area contributed by atoms with Gasteiger partial charge in [-0.3, -0.25) is 4.21 Å². The summed E-state index contributed by atoms with van der Waals surface area (Å²) in [6.45, 7) is 1.82. The van der Waals surface area contributed by atoms with Gasteiger partial charge in [0.25, 0.3) is 0 Å². The summed E-state index contributed by atoms with van der Waals surface area (Å²) >= 11 is -1.29. The third kappa shape index (κ3) is 2.98. The molecule has 6 nitrogen and oxygen atoms in total. The maximum absolute atomic E-state index is 11.3. The van der Waals surface area contributed by atoms with Gasteiger partial charge < -0.3 is 9.66 Å². The molecule has 1 aromatic carbocycles. The Hall–Kier alpha value is -1.77. The summed E-state index contributed by atoms with van der Waals surface area (Å²) in [5.74, 6) is -1.06. The molecule has 0 saturated carbocycles. The number of thiazole rings is 1. The molecule has 1 atom stereocenters. The lowest BCUT2D eigenvalue weighted by atomic mass is 10.2. The topological polar surface area (TPSA) is 93.6 Å². The second-order valence-electron chi connectivity index (χ2n) is 3.62. The third-order valence-electron chi connectivity index (χ3n) is 2.28. The summed E-state index contributed by atoms with van der Waals surface area (Å²) < 4.78 is 23.6. The second kappa shape index (κ2) is 5.47. The maximum Gasteiger partial charge on any atom is 0.335 e. The summed E-state index contributed by atoms with van der Waals surface area (Å²) in [5, 5.41) is 9.11. The number of carboxylic acids is 1. The van der Waals surface area contributed by atoms with Gasteiger partial charge in [-0.2, -0.15) is 0 Å². The number of rotatable bonds is 4. The van der Waals surface area contributed by atoms with Crippen LogP contribution in [0.2, 0.25) is 0 Å². The van der Waals surface area contributed by atoms with Crippen LogP contribution < -0.4 is 4.31 Å². The van der Waals surface area contributed by atoms with Crippen LogP contribution in [0.1, 0.15) is 15.2 Å². The molecule has 0 aliphatic carbocycles. The monoisotopic (exact) mass is 297 g/mol. The number of nitrogens with zero attached hydrogens (tertiary/aromatic N) is 2. The average Bonchev–Trinajstić information content (AvgIpc) is 2.76. The first kappa shape index (κ1) is 13.7. The highest BCUT2D eigenvalue weighted by atomic mass is 32.2. The minimum Gasteiger partial charge on any atom is -0.755 e. The second-order valence-corrected chi connectivity index (χ2v) is 5.63. The van der Waals surface area contributed by atoms with Crippen molar-refractivity contribution in [1.29, 1.82) is 0 Å². The van der Waals surface area contributed by atoms with Crippen LogP contribution in [-0.4, -0.2) is 24.8 Å². The van der Waals surface area contributed by atoms with Crippen LogP contribution in [0.15, 0.2) is 30.5 Å². The van der Waals surface area contributed by atoms with Gasteiger partial charge in [-0.25, -0.2) is 14.1 Å². The van der Waals surface area contributed by atoms with Crippen molar-refractivity contribution in [2.45, 2.75) is 6.92 Å². The van der Waals surface area contributed by atoms with E-state index in [1.54, 1.807) is 6.20 Å². The van der Waals surface area contributed by atoms with E-state index in [0.717, 1.165) is 9.18 Å². The molecule has 0 spiro atoms. The summed E-state index contributed by atoms with van der Waals surface area (Å²) in [4.78, 5) is 15.6. The Balaban J connectivity index is 2.40. The Kier molecular flexibility index (Phi) is 3.93. The first-order valence-corrected chi connectivity index (χ1v) is 6.99. The third-order valence-corrected chi connectivity index (χ3v) is 3.98. The van der Waals surface area contributed by atoms with Gasteiger partial charge in [-0.1, -0.05) is 0 Å². The summed E-state index contributed by atoms with van der Waals surface area (Å²) in [5.41, 5.74) is 0.434. The van der Waals surface area contributed by atoms with E-state index < -0.39 is 17.2 Å². The predicted octanol–water partition coefficient (Wildman–Crippen LogP) is 2.08. The molecule has 0 aliphatic rings. The Morgan fingerprint density at radius 2 is 2.05 bits per heavy atom. The van der Waals surface area contributed by atoms with Gasteiger partial charge in [-0.05, 0) is 31.2 Å². The van der Waals surface area contributed by atoms with Gasteiger partial charge in [0.05, 0.1) is 22.5 Å². The molecule has 1 unspecified atom stereocenters. The smallest absolute Gasteiger partial charge is 0.335 e. The van der Waals surface area contributed by atoms with Crippen LogP contribution in [0, 0.1) is 6.92 Å². The van der Waals surface area contributed by atoms with Gasteiger partial charge in [0.2, 0.25) is 5.13 Å². The zero-order valence-electron chi connectivity index (χ0n) is 9.77. The van der Waals surface area contributed by atoms with Crippen LogP contribution in [0.4, 0.5) is 10.8 Å². The lowest BCUT2D eigenvalue weighted by molar-refractivity contribution is 0.0697. The molecule has 0 radical (unpaired) electrons. The van der Waals surface area contributed by atoms with E-state index in [-0.39, 0.29) is 5.56 Å².